The zero-order valence-electron chi connectivity index (χ0n) is 11.9. The Kier molecular flexibility index (Phi) is 2.43. The lowest BCUT2D eigenvalue weighted by molar-refractivity contribution is 0.922. The Morgan fingerprint density at radius 2 is 1.85 bits per heavy atom. The molecule has 1 nitrogen and oxygen atoms in total. The van der Waals surface area contributed by atoms with Gasteiger partial charge in [0.15, 0.2) is 0 Å². The lowest BCUT2D eigenvalue weighted by atomic mass is 9.86. The van der Waals surface area contributed by atoms with E-state index in [4.69, 9.17) is 4.98 Å². The average Bonchev–Trinajstić information content (AvgIpc) is 2.45. The number of fused-ring (bicyclic) bond motifs is 4. The standard InChI is InChI=1S/C19H17N/c1-12-6-7-14-11-15-8-9-16-13(2)4-3-5-17(16)19(15)20-18(14)10-12/h3-7,10-11H,8-9H2,1-2H3. The van der Waals surface area contributed by atoms with E-state index in [-0.39, 0.29) is 0 Å². The number of aryl methyl sites for hydroxylation is 3. The molecule has 0 saturated carbocycles. The molecule has 0 amide bonds. The molecule has 0 N–H and O–H groups in total. The van der Waals surface area contributed by atoms with Gasteiger partial charge in [-0.2, -0.15) is 0 Å². The molecule has 0 unspecified atom stereocenters. The lowest BCUT2D eigenvalue weighted by Gasteiger charge is -2.21. The van der Waals surface area contributed by atoms with Crippen LogP contribution in [-0.4, -0.2) is 4.98 Å². The largest absolute Gasteiger partial charge is 0.247 e. The van der Waals surface area contributed by atoms with Crippen LogP contribution in [0.1, 0.15) is 22.3 Å². The smallest absolute Gasteiger partial charge is 0.0744 e. The molecule has 1 aliphatic carbocycles. The van der Waals surface area contributed by atoms with Gasteiger partial charge in [0.1, 0.15) is 0 Å². The van der Waals surface area contributed by atoms with Gasteiger partial charge in [0, 0.05) is 10.9 Å². The van der Waals surface area contributed by atoms with E-state index >= 15 is 0 Å². The Hall–Kier alpha value is -2.15. The lowest BCUT2D eigenvalue weighted by Crippen LogP contribution is -2.07. The highest BCUT2D eigenvalue weighted by Gasteiger charge is 2.19. The fourth-order valence-electron chi connectivity index (χ4n) is 3.26. The Bertz CT molecular complexity index is 831. The van der Waals surface area contributed by atoms with Crippen molar-refractivity contribution in [3.63, 3.8) is 0 Å². The summed E-state index contributed by atoms with van der Waals surface area (Å²) in [6.45, 7) is 4.33. The van der Waals surface area contributed by atoms with Crippen LogP contribution in [0.15, 0.2) is 42.5 Å². The molecule has 0 atom stereocenters. The van der Waals surface area contributed by atoms with Crippen LogP contribution >= 0.6 is 0 Å². The number of aromatic nitrogens is 1. The zero-order chi connectivity index (χ0) is 13.7. The van der Waals surface area contributed by atoms with E-state index in [1.54, 1.807) is 0 Å². The fraction of sp³-hybridized carbons (Fsp3) is 0.211. The first kappa shape index (κ1) is 11.7. The molecule has 4 rings (SSSR count). The van der Waals surface area contributed by atoms with Crippen molar-refractivity contribution >= 4 is 10.9 Å². The molecule has 0 spiro atoms. The summed E-state index contributed by atoms with van der Waals surface area (Å²) in [5.41, 5.74) is 9.14. The van der Waals surface area contributed by atoms with Crippen molar-refractivity contribution in [2.24, 2.45) is 0 Å². The molecule has 20 heavy (non-hydrogen) atoms. The van der Waals surface area contributed by atoms with E-state index in [9.17, 15) is 0 Å². The second kappa shape index (κ2) is 4.17. The Morgan fingerprint density at radius 1 is 0.950 bits per heavy atom. The van der Waals surface area contributed by atoms with Crippen molar-refractivity contribution in [3.05, 3.63) is 64.7 Å². The molecule has 0 bridgehead atoms. The normalized spacial score (nSPS) is 13.1. The molecular formula is C19H17N. The third-order valence-corrected chi connectivity index (χ3v) is 4.36. The predicted molar refractivity (Wildman–Crippen MR) is 84.1 cm³/mol. The SMILES string of the molecule is Cc1ccc2cc3c(nc2c1)-c1cccc(C)c1CC3. The Balaban J connectivity index is 2.04. The van der Waals surface area contributed by atoms with Gasteiger partial charge in [-0.15, -0.1) is 0 Å². The monoisotopic (exact) mass is 259 g/mol. The zero-order valence-corrected chi connectivity index (χ0v) is 11.9. The topological polar surface area (TPSA) is 12.9 Å². The van der Waals surface area contributed by atoms with Crippen LogP contribution < -0.4 is 0 Å². The molecule has 1 aliphatic rings. The van der Waals surface area contributed by atoms with Crippen molar-refractivity contribution < 1.29 is 0 Å². The van der Waals surface area contributed by atoms with E-state index in [1.165, 1.54) is 38.9 Å². The summed E-state index contributed by atoms with van der Waals surface area (Å²) in [5.74, 6) is 0. The highest BCUT2D eigenvalue weighted by atomic mass is 14.7. The van der Waals surface area contributed by atoms with Crippen LogP contribution in [0, 0.1) is 13.8 Å². The summed E-state index contributed by atoms with van der Waals surface area (Å²) in [6.07, 6.45) is 2.23. The van der Waals surface area contributed by atoms with Crippen LogP contribution in [0.3, 0.4) is 0 Å². The summed E-state index contributed by atoms with van der Waals surface area (Å²) >= 11 is 0. The van der Waals surface area contributed by atoms with Gasteiger partial charge in [0.05, 0.1) is 11.2 Å². The van der Waals surface area contributed by atoms with Crippen LogP contribution in [-0.2, 0) is 12.8 Å². The number of pyridine rings is 1. The molecule has 1 heterocycles. The maximum Gasteiger partial charge on any atom is 0.0744 e. The van der Waals surface area contributed by atoms with Crippen LogP contribution in [0.4, 0.5) is 0 Å². The number of rotatable bonds is 0. The van der Waals surface area contributed by atoms with E-state index in [2.05, 4.69) is 56.3 Å². The molecule has 1 heteroatoms. The molecule has 0 radical (unpaired) electrons. The summed E-state index contributed by atoms with van der Waals surface area (Å²) in [5, 5.41) is 1.26. The summed E-state index contributed by atoms with van der Waals surface area (Å²) < 4.78 is 0. The number of benzene rings is 2. The van der Waals surface area contributed by atoms with Crippen molar-refractivity contribution in [2.45, 2.75) is 26.7 Å². The van der Waals surface area contributed by atoms with Crippen LogP contribution in [0.2, 0.25) is 0 Å². The van der Waals surface area contributed by atoms with E-state index in [0.29, 0.717) is 0 Å². The predicted octanol–water partition coefficient (Wildman–Crippen LogP) is 4.62. The van der Waals surface area contributed by atoms with E-state index in [0.717, 1.165) is 18.4 Å². The molecule has 98 valence electrons. The average molecular weight is 259 g/mol. The molecular weight excluding hydrogens is 242 g/mol. The quantitative estimate of drug-likeness (QED) is 0.574. The minimum Gasteiger partial charge on any atom is -0.247 e. The van der Waals surface area contributed by atoms with E-state index in [1.807, 2.05) is 0 Å². The Labute approximate surface area is 119 Å². The molecule has 3 aromatic rings. The summed E-state index contributed by atoms with van der Waals surface area (Å²) in [4.78, 5) is 4.96. The summed E-state index contributed by atoms with van der Waals surface area (Å²) in [7, 11) is 0. The number of hydrogen-bond acceptors (Lipinski definition) is 1. The molecule has 0 fully saturated rings. The third kappa shape index (κ3) is 1.66. The molecule has 2 aromatic carbocycles. The van der Waals surface area contributed by atoms with Gasteiger partial charge in [-0.1, -0.05) is 30.3 Å². The first-order valence-corrected chi connectivity index (χ1v) is 7.21. The van der Waals surface area contributed by atoms with Crippen molar-refractivity contribution in [1.82, 2.24) is 4.98 Å². The minimum absolute atomic E-state index is 1.10. The third-order valence-electron chi connectivity index (χ3n) is 4.36. The van der Waals surface area contributed by atoms with Gasteiger partial charge in [-0.05, 0) is 61.1 Å². The van der Waals surface area contributed by atoms with Crippen molar-refractivity contribution in [1.29, 1.82) is 0 Å². The minimum atomic E-state index is 1.10. The second-order valence-corrected chi connectivity index (χ2v) is 5.79. The molecule has 1 aromatic heterocycles. The van der Waals surface area contributed by atoms with Crippen LogP contribution in [0.25, 0.3) is 22.2 Å². The fourth-order valence-corrected chi connectivity index (χ4v) is 3.26. The van der Waals surface area contributed by atoms with Crippen molar-refractivity contribution in [3.8, 4) is 11.3 Å². The Morgan fingerprint density at radius 3 is 2.75 bits per heavy atom. The number of hydrogen-bond donors (Lipinski definition) is 0. The van der Waals surface area contributed by atoms with Gasteiger partial charge in [-0.25, -0.2) is 4.98 Å². The van der Waals surface area contributed by atoms with Gasteiger partial charge in [0.25, 0.3) is 0 Å². The van der Waals surface area contributed by atoms with Gasteiger partial charge < -0.3 is 0 Å². The maximum absolute atomic E-state index is 4.96. The molecule has 0 saturated heterocycles. The maximum atomic E-state index is 4.96. The van der Waals surface area contributed by atoms with Gasteiger partial charge >= 0.3 is 0 Å². The highest BCUT2D eigenvalue weighted by molar-refractivity contribution is 5.85. The summed E-state index contributed by atoms with van der Waals surface area (Å²) in [6, 6.07) is 15.4. The van der Waals surface area contributed by atoms with E-state index < -0.39 is 0 Å². The first-order valence-electron chi connectivity index (χ1n) is 7.21. The van der Waals surface area contributed by atoms with Crippen LogP contribution in [0.5, 0.6) is 0 Å². The highest BCUT2D eigenvalue weighted by Crippen LogP contribution is 2.35. The van der Waals surface area contributed by atoms with Crippen molar-refractivity contribution in [2.75, 3.05) is 0 Å². The second-order valence-electron chi connectivity index (χ2n) is 5.79. The molecule has 0 aliphatic heterocycles. The first-order chi connectivity index (χ1) is 9.72. The van der Waals surface area contributed by atoms with Gasteiger partial charge in [0.2, 0.25) is 0 Å². The van der Waals surface area contributed by atoms with Gasteiger partial charge in [-0.3, -0.25) is 0 Å². The number of nitrogens with zero attached hydrogens (tertiary/aromatic N) is 1.